The fourth-order valence-electron chi connectivity index (χ4n) is 2.93. The van der Waals surface area contributed by atoms with Crippen LogP contribution in [0.15, 0.2) is 53.0 Å². The highest BCUT2D eigenvalue weighted by atomic mass is 35.5. The number of amides is 1. The third-order valence-electron chi connectivity index (χ3n) is 4.43. The normalized spacial score (nSPS) is 11.0. The number of aromatic nitrogens is 4. The van der Waals surface area contributed by atoms with Crippen LogP contribution in [-0.2, 0) is 11.3 Å². The van der Waals surface area contributed by atoms with E-state index >= 15 is 0 Å². The zero-order valence-corrected chi connectivity index (χ0v) is 20.6. The summed E-state index contributed by atoms with van der Waals surface area (Å²) in [6, 6.07) is 12.6. The Kier molecular flexibility index (Phi) is 7.37. The number of hydrogen-bond donors (Lipinski definition) is 1. The highest BCUT2D eigenvalue weighted by Crippen LogP contribution is 2.32. The molecule has 0 saturated heterocycles. The van der Waals surface area contributed by atoms with Crippen LogP contribution in [0.25, 0.3) is 22.6 Å². The topological polar surface area (TPSA) is 72.7 Å². The van der Waals surface area contributed by atoms with Gasteiger partial charge in [0.25, 0.3) is 0 Å². The van der Waals surface area contributed by atoms with Crippen molar-refractivity contribution >= 4 is 68.9 Å². The summed E-state index contributed by atoms with van der Waals surface area (Å²) in [4.78, 5) is 16.9. The average molecular weight is 525 g/mol. The lowest BCUT2D eigenvalue weighted by molar-refractivity contribution is -0.113. The molecule has 0 atom stereocenters. The largest absolute Gasteiger partial charge is 0.302 e. The molecule has 0 aliphatic rings. The van der Waals surface area contributed by atoms with Crippen molar-refractivity contribution in [3.8, 4) is 22.6 Å². The predicted molar refractivity (Wildman–Crippen MR) is 133 cm³/mol. The standard InChI is InChI=1S/C21H16Cl3N5OS2/c1-2-29-19(12-3-5-13(22)6-4-12)27-28-21(29)32-11-18(30)26-20-25-17(10-31-20)15-8-7-14(23)9-16(15)24/h3-10H,2,11H2,1H3,(H,25,26,30). The molecule has 6 nitrogen and oxygen atoms in total. The van der Waals surface area contributed by atoms with Gasteiger partial charge in [-0.25, -0.2) is 4.98 Å². The van der Waals surface area contributed by atoms with Gasteiger partial charge >= 0.3 is 0 Å². The van der Waals surface area contributed by atoms with E-state index < -0.39 is 0 Å². The van der Waals surface area contributed by atoms with Gasteiger partial charge in [0.15, 0.2) is 16.1 Å². The SMILES string of the molecule is CCn1c(SCC(=O)Nc2nc(-c3ccc(Cl)cc3Cl)cs2)nnc1-c1ccc(Cl)cc1. The van der Waals surface area contributed by atoms with Gasteiger partial charge in [0, 0.05) is 33.1 Å². The molecular weight excluding hydrogens is 509 g/mol. The maximum atomic E-state index is 12.5. The molecule has 164 valence electrons. The Balaban J connectivity index is 1.40. The summed E-state index contributed by atoms with van der Waals surface area (Å²) < 4.78 is 1.96. The summed E-state index contributed by atoms with van der Waals surface area (Å²) in [5.74, 6) is 0.725. The van der Waals surface area contributed by atoms with E-state index in [1.165, 1.54) is 23.1 Å². The molecular formula is C21H16Cl3N5OS2. The van der Waals surface area contributed by atoms with Crippen LogP contribution in [-0.4, -0.2) is 31.4 Å². The fourth-order valence-corrected chi connectivity index (χ4v) is 5.09. The number of rotatable bonds is 7. The number of thioether (sulfide) groups is 1. The molecule has 2 aromatic heterocycles. The number of benzene rings is 2. The van der Waals surface area contributed by atoms with Crippen LogP contribution in [0.2, 0.25) is 15.1 Å². The third kappa shape index (κ3) is 5.27. The minimum absolute atomic E-state index is 0.176. The molecule has 0 fully saturated rings. The zero-order chi connectivity index (χ0) is 22.7. The molecule has 0 unspecified atom stereocenters. The lowest BCUT2D eigenvalue weighted by Crippen LogP contribution is -2.14. The second-order valence-electron chi connectivity index (χ2n) is 6.56. The first kappa shape index (κ1) is 23.1. The molecule has 0 radical (unpaired) electrons. The van der Waals surface area contributed by atoms with Gasteiger partial charge in [0.05, 0.1) is 16.5 Å². The molecule has 1 amide bonds. The minimum atomic E-state index is -0.184. The fraction of sp³-hybridized carbons (Fsp3) is 0.143. The van der Waals surface area contributed by atoms with Gasteiger partial charge < -0.3 is 9.88 Å². The van der Waals surface area contributed by atoms with Crippen LogP contribution < -0.4 is 5.32 Å². The Morgan fingerprint density at radius 2 is 1.84 bits per heavy atom. The molecule has 2 heterocycles. The molecule has 0 spiro atoms. The van der Waals surface area contributed by atoms with Crippen molar-refractivity contribution in [3.63, 3.8) is 0 Å². The summed E-state index contributed by atoms with van der Waals surface area (Å²) in [5.41, 5.74) is 2.35. The van der Waals surface area contributed by atoms with Gasteiger partial charge in [-0.05, 0) is 49.4 Å². The number of carbonyl (C=O) groups is 1. The number of nitrogens with one attached hydrogen (secondary N) is 1. The quantitative estimate of drug-likeness (QED) is 0.270. The van der Waals surface area contributed by atoms with Crippen molar-refractivity contribution in [2.75, 3.05) is 11.1 Å². The zero-order valence-electron chi connectivity index (χ0n) is 16.7. The van der Waals surface area contributed by atoms with E-state index in [1.807, 2.05) is 41.1 Å². The molecule has 0 aliphatic carbocycles. The minimum Gasteiger partial charge on any atom is -0.302 e. The third-order valence-corrected chi connectivity index (χ3v) is 6.95. The summed E-state index contributed by atoms with van der Waals surface area (Å²) in [6.45, 7) is 2.68. The number of anilines is 1. The first-order chi connectivity index (χ1) is 15.4. The second kappa shape index (κ2) is 10.2. The average Bonchev–Trinajstić information content (AvgIpc) is 3.39. The van der Waals surface area contributed by atoms with E-state index in [9.17, 15) is 4.79 Å². The van der Waals surface area contributed by atoms with E-state index in [4.69, 9.17) is 34.8 Å². The Bertz CT molecular complexity index is 1260. The Hall–Kier alpha value is -2.10. The summed E-state index contributed by atoms with van der Waals surface area (Å²) in [6.07, 6.45) is 0. The monoisotopic (exact) mass is 523 g/mol. The van der Waals surface area contributed by atoms with Crippen molar-refractivity contribution in [2.45, 2.75) is 18.6 Å². The first-order valence-corrected chi connectivity index (χ1v) is 12.5. The molecule has 0 saturated carbocycles. The van der Waals surface area contributed by atoms with Crippen molar-refractivity contribution < 1.29 is 4.79 Å². The summed E-state index contributed by atoms with van der Waals surface area (Å²) in [5, 5.41) is 16.1. The lowest BCUT2D eigenvalue weighted by atomic mass is 10.2. The molecule has 0 bridgehead atoms. The van der Waals surface area contributed by atoms with E-state index in [-0.39, 0.29) is 11.7 Å². The molecule has 0 aliphatic heterocycles. The van der Waals surface area contributed by atoms with Crippen LogP contribution in [0, 0.1) is 0 Å². The van der Waals surface area contributed by atoms with Crippen molar-refractivity contribution in [3.05, 3.63) is 62.9 Å². The van der Waals surface area contributed by atoms with E-state index in [0.29, 0.717) is 37.6 Å². The Morgan fingerprint density at radius 3 is 2.56 bits per heavy atom. The number of hydrogen-bond acceptors (Lipinski definition) is 6. The summed E-state index contributed by atoms with van der Waals surface area (Å²) in [7, 11) is 0. The van der Waals surface area contributed by atoms with E-state index in [2.05, 4.69) is 20.5 Å². The van der Waals surface area contributed by atoms with Gasteiger partial charge in [0.1, 0.15) is 0 Å². The molecule has 1 N–H and O–H groups in total. The molecule has 4 rings (SSSR count). The van der Waals surface area contributed by atoms with Crippen LogP contribution in [0.5, 0.6) is 0 Å². The highest BCUT2D eigenvalue weighted by Gasteiger charge is 2.16. The molecule has 2 aromatic carbocycles. The van der Waals surface area contributed by atoms with Gasteiger partial charge in [-0.15, -0.1) is 21.5 Å². The van der Waals surface area contributed by atoms with Crippen molar-refractivity contribution in [2.24, 2.45) is 0 Å². The van der Waals surface area contributed by atoms with Gasteiger partial charge in [-0.1, -0.05) is 46.6 Å². The Labute approximate surface area is 207 Å². The van der Waals surface area contributed by atoms with Crippen molar-refractivity contribution in [1.82, 2.24) is 19.7 Å². The van der Waals surface area contributed by atoms with Gasteiger partial charge in [0.2, 0.25) is 5.91 Å². The second-order valence-corrected chi connectivity index (χ2v) is 9.64. The van der Waals surface area contributed by atoms with Crippen molar-refractivity contribution in [1.29, 1.82) is 0 Å². The smallest absolute Gasteiger partial charge is 0.236 e. The van der Waals surface area contributed by atoms with Gasteiger partial charge in [-0.3, -0.25) is 4.79 Å². The van der Waals surface area contributed by atoms with E-state index in [1.54, 1.807) is 18.2 Å². The van der Waals surface area contributed by atoms with Crippen LogP contribution >= 0.6 is 57.9 Å². The number of carbonyl (C=O) groups excluding carboxylic acids is 1. The van der Waals surface area contributed by atoms with E-state index in [0.717, 1.165) is 17.0 Å². The number of halogens is 3. The molecule has 4 aromatic rings. The summed E-state index contributed by atoms with van der Waals surface area (Å²) >= 11 is 20.8. The lowest BCUT2D eigenvalue weighted by Gasteiger charge is -2.07. The maximum Gasteiger partial charge on any atom is 0.236 e. The first-order valence-electron chi connectivity index (χ1n) is 9.47. The van der Waals surface area contributed by atoms with Crippen LogP contribution in [0.3, 0.4) is 0 Å². The number of nitrogens with zero attached hydrogens (tertiary/aromatic N) is 4. The van der Waals surface area contributed by atoms with Crippen LogP contribution in [0.4, 0.5) is 5.13 Å². The molecule has 32 heavy (non-hydrogen) atoms. The molecule has 11 heteroatoms. The maximum absolute atomic E-state index is 12.5. The number of thiazole rings is 1. The Morgan fingerprint density at radius 1 is 1.09 bits per heavy atom. The van der Waals surface area contributed by atoms with Crippen LogP contribution in [0.1, 0.15) is 6.92 Å². The highest BCUT2D eigenvalue weighted by molar-refractivity contribution is 7.99. The predicted octanol–water partition coefficient (Wildman–Crippen LogP) is 6.78. The van der Waals surface area contributed by atoms with Gasteiger partial charge in [-0.2, -0.15) is 0 Å².